The smallest absolute Gasteiger partial charge is 0.222 e. The quantitative estimate of drug-likeness (QED) is 0.617. The maximum absolute atomic E-state index is 12.3. The van der Waals surface area contributed by atoms with Crippen LogP contribution < -0.4 is 9.46 Å². The highest BCUT2D eigenvalue weighted by Crippen LogP contribution is 2.15. The molecule has 1 aromatic rings. The molecule has 152 valence electrons. The van der Waals surface area contributed by atoms with Crippen LogP contribution in [0.2, 0.25) is 0 Å². The molecular formula is C20H32N2O4S. The summed E-state index contributed by atoms with van der Waals surface area (Å²) in [6.07, 6.45) is 4.03. The summed E-state index contributed by atoms with van der Waals surface area (Å²) in [5, 5.41) is 0. The second kappa shape index (κ2) is 10.7. The molecule has 0 bridgehead atoms. The molecule has 2 rings (SSSR count). The maximum Gasteiger partial charge on any atom is 0.222 e. The van der Waals surface area contributed by atoms with E-state index < -0.39 is 10.0 Å². The second-order valence-corrected chi connectivity index (χ2v) is 9.08. The van der Waals surface area contributed by atoms with E-state index in [0.29, 0.717) is 51.8 Å². The van der Waals surface area contributed by atoms with Crippen LogP contribution in [-0.4, -0.2) is 50.7 Å². The van der Waals surface area contributed by atoms with Gasteiger partial charge in [0, 0.05) is 25.6 Å². The van der Waals surface area contributed by atoms with Gasteiger partial charge in [-0.1, -0.05) is 31.0 Å². The predicted octanol–water partition coefficient (Wildman–Crippen LogP) is 2.86. The Bertz CT molecular complexity index is 680. The van der Waals surface area contributed by atoms with Crippen LogP contribution in [-0.2, 0) is 14.8 Å². The Labute approximate surface area is 163 Å². The summed E-state index contributed by atoms with van der Waals surface area (Å²) >= 11 is 0. The zero-order valence-electron chi connectivity index (χ0n) is 16.4. The molecular weight excluding hydrogens is 364 g/mol. The van der Waals surface area contributed by atoms with Crippen LogP contribution in [0.25, 0.3) is 0 Å². The molecule has 6 nitrogen and oxygen atoms in total. The van der Waals surface area contributed by atoms with Gasteiger partial charge in [0.2, 0.25) is 15.9 Å². The molecule has 1 saturated heterocycles. The lowest BCUT2D eigenvalue weighted by Gasteiger charge is -2.32. The van der Waals surface area contributed by atoms with E-state index in [4.69, 9.17) is 4.74 Å². The van der Waals surface area contributed by atoms with Crippen LogP contribution in [0.4, 0.5) is 0 Å². The van der Waals surface area contributed by atoms with Crippen LogP contribution in [0, 0.1) is 6.92 Å². The summed E-state index contributed by atoms with van der Waals surface area (Å²) in [5.74, 6) is 1.13. The number of benzene rings is 1. The Morgan fingerprint density at radius 2 is 1.85 bits per heavy atom. The Hall–Kier alpha value is -1.60. The lowest BCUT2D eigenvalue weighted by molar-refractivity contribution is -0.132. The predicted molar refractivity (Wildman–Crippen MR) is 107 cm³/mol. The van der Waals surface area contributed by atoms with Crippen LogP contribution in [0.1, 0.15) is 51.0 Å². The molecule has 27 heavy (non-hydrogen) atoms. The highest BCUT2D eigenvalue weighted by Gasteiger charge is 2.25. The number of unbranched alkanes of at least 4 members (excludes halogenated alkanes) is 1. The Morgan fingerprint density at radius 1 is 1.19 bits per heavy atom. The first-order chi connectivity index (χ1) is 12.9. The van der Waals surface area contributed by atoms with Crippen LogP contribution in [0.3, 0.4) is 0 Å². The van der Waals surface area contributed by atoms with E-state index in [1.165, 1.54) is 5.56 Å². The number of hydrogen-bond donors (Lipinski definition) is 1. The van der Waals surface area contributed by atoms with E-state index in [0.717, 1.165) is 12.2 Å². The summed E-state index contributed by atoms with van der Waals surface area (Å²) in [4.78, 5) is 14.2. The molecule has 1 fully saturated rings. The third kappa shape index (κ3) is 7.89. The van der Waals surface area contributed by atoms with Gasteiger partial charge in [0.1, 0.15) is 5.75 Å². The number of carbonyl (C=O) groups is 1. The number of sulfonamides is 1. The number of ether oxygens (including phenoxy) is 1. The molecule has 0 aromatic heterocycles. The molecule has 7 heteroatoms. The van der Waals surface area contributed by atoms with Crippen LogP contribution >= 0.6 is 0 Å². The Morgan fingerprint density at radius 3 is 2.48 bits per heavy atom. The summed E-state index contributed by atoms with van der Waals surface area (Å²) in [7, 11) is -3.20. The van der Waals surface area contributed by atoms with Crippen molar-refractivity contribution >= 4 is 15.9 Å². The molecule has 1 aromatic carbocycles. The summed E-state index contributed by atoms with van der Waals surface area (Å²) in [5.41, 5.74) is 1.19. The number of piperidine rings is 1. The van der Waals surface area contributed by atoms with Gasteiger partial charge in [-0.2, -0.15) is 0 Å². The van der Waals surface area contributed by atoms with Gasteiger partial charge >= 0.3 is 0 Å². The topological polar surface area (TPSA) is 75.7 Å². The molecule has 1 N–H and O–H groups in total. The van der Waals surface area contributed by atoms with Crippen molar-refractivity contribution in [3.05, 3.63) is 29.8 Å². The normalized spacial score (nSPS) is 15.7. The zero-order valence-corrected chi connectivity index (χ0v) is 17.3. The first-order valence-electron chi connectivity index (χ1n) is 9.87. The fourth-order valence-corrected chi connectivity index (χ4v) is 4.63. The molecule has 0 atom stereocenters. The largest absolute Gasteiger partial charge is 0.494 e. The van der Waals surface area contributed by atoms with Crippen molar-refractivity contribution in [3.8, 4) is 5.75 Å². The number of amides is 1. The Balaban J connectivity index is 1.63. The van der Waals surface area contributed by atoms with E-state index in [1.54, 1.807) is 0 Å². The van der Waals surface area contributed by atoms with Gasteiger partial charge in [0.05, 0.1) is 12.4 Å². The highest BCUT2D eigenvalue weighted by atomic mass is 32.2. The molecule has 1 amide bonds. The Kier molecular flexibility index (Phi) is 8.57. The molecule has 0 saturated carbocycles. The first-order valence-corrected chi connectivity index (χ1v) is 11.5. The maximum atomic E-state index is 12.3. The van der Waals surface area contributed by atoms with Gasteiger partial charge in [0.15, 0.2) is 0 Å². The van der Waals surface area contributed by atoms with Gasteiger partial charge in [0.25, 0.3) is 0 Å². The third-order valence-corrected chi connectivity index (χ3v) is 6.30. The van der Waals surface area contributed by atoms with Gasteiger partial charge in [-0.3, -0.25) is 4.79 Å². The van der Waals surface area contributed by atoms with Crippen molar-refractivity contribution in [2.45, 2.75) is 58.4 Å². The summed E-state index contributed by atoms with van der Waals surface area (Å²) in [6.45, 7) is 5.74. The first kappa shape index (κ1) is 21.7. The molecule has 1 heterocycles. The van der Waals surface area contributed by atoms with E-state index in [-0.39, 0.29) is 17.7 Å². The van der Waals surface area contributed by atoms with Crippen molar-refractivity contribution in [2.24, 2.45) is 0 Å². The molecule has 0 unspecified atom stereocenters. The van der Waals surface area contributed by atoms with Crippen molar-refractivity contribution in [1.29, 1.82) is 0 Å². The standard InChI is InChI=1S/C20H32N2O4S/c1-3-4-16-27(24,25)21-18-11-13-22(14-12-18)20(23)6-5-15-26-19-9-7-17(2)8-10-19/h7-10,18,21H,3-6,11-16H2,1-2H3. The molecule has 0 spiro atoms. The van der Waals surface area contributed by atoms with Crippen molar-refractivity contribution in [1.82, 2.24) is 9.62 Å². The number of carbonyl (C=O) groups excluding carboxylic acids is 1. The van der Waals surface area contributed by atoms with Gasteiger partial charge in [-0.25, -0.2) is 13.1 Å². The number of nitrogens with one attached hydrogen (secondary N) is 1. The average molecular weight is 397 g/mol. The zero-order chi connectivity index (χ0) is 19.7. The van der Waals surface area contributed by atoms with E-state index in [2.05, 4.69) is 4.72 Å². The molecule has 1 aliphatic rings. The minimum atomic E-state index is -3.20. The molecule has 0 aliphatic carbocycles. The SMILES string of the molecule is CCCCS(=O)(=O)NC1CCN(C(=O)CCCOc2ccc(C)cc2)CC1. The van der Waals surface area contributed by atoms with Crippen molar-refractivity contribution in [2.75, 3.05) is 25.4 Å². The lowest BCUT2D eigenvalue weighted by Crippen LogP contribution is -2.47. The lowest BCUT2D eigenvalue weighted by atomic mass is 10.1. The van der Waals surface area contributed by atoms with Crippen molar-refractivity contribution in [3.63, 3.8) is 0 Å². The van der Waals surface area contributed by atoms with E-state index in [9.17, 15) is 13.2 Å². The summed E-state index contributed by atoms with van der Waals surface area (Å²) in [6, 6.07) is 7.82. The number of nitrogens with zero attached hydrogens (tertiary/aromatic N) is 1. The minimum absolute atomic E-state index is 0.0548. The van der Waals surface area contributed by atoms with Crippen LogP contribution in [0.15, 0.2) is 24.3 Å². The summed E-state index contributed by atoms with van der Waals surface area (Å²) < 4.78 is 32.4. The third-order valence-electron chi connectivity index (χ3n) is 4.79. The van der Waals surface area contributed by atoms with Crippen LogP contribution in [0.5, 0.6) is 5.75 Å². The van der Waals surface area contributed by atoms with E-state index >= 15 is 0 Å². The van der Waals surface area contributed by atoms with Gasteiger partial charge in [-0.05, 0) is 44.7 Å². The van der Waals surface area contributed by atoms with Gasteiger partial charge in [-0.15, -0.1) is 0 Å². The minimum Gasteiger partial charge on any atom is -0.494 e. The second-order valence-electron chi connectivity index (χ2n) is 7.21. The fourth-order valence-electron chi connectivity index (χ4n) is 3.10. The number of rotatable bonds is 10. The van der Waals surface area contributed by atoms with E-state index in [1.807, 2.05) is 43.0 Å². The number of aryl methyl sites for hydroxylation is 1. The highest BCUT2D eigenvalue weighted by molar-refractivity contribution is 7.89. The average Bonchev–Trinajstić information content (AvgIpc) is 2.65. The fraction of sp³-hybridized carbons (Fsp3) is 0.650. The molecule has 0 radical (unpaired) electrons. The van der Waals surface area contributed by atoms with Crippen molar-refractivity contribution < 1.29 is 17.9 Å². The monoisotopic (exact) mass is 396 g/mol. The number of hydrogen-bond acceptors (Lipinski definition) is 4. The molecule has 1 aliphatic heterocycles. The van der Waals surface area contributed by atoms with Gasteiger partial charge < -0.3 is 9.64 Å². The number of likely N-dealkylation sites (tertiary alicyclic amines) is 1.